The average Bonchev–Trinajstić information content (AvgIpc) is 2.37. The van der Waals surface area contributed by atoms with Crippen molar-refractivity contribution in [1.82, 2.24) is 0 Å². The van der Waals surface area contributed by atoms with Crippen LogP contribution in [0.3, 0.4) is 0 Å². The lowest BCUT2D eigenvalue weighted by atomic mass is 9.74. The summed E-state index contributed by atoms with van der Waals surface area (Å²) >= 11 is 4.79. The van der Waals surface area contributed by atoms with Gasteiger partial charge in [-0.1, -0.05) is 12.2 Å². The standard InChI is InChI=1S/C15H18FNO2S/c16-13-8-10(2-3-12(13)14(17)20)19-11-4-7-18-15(9-11)5-1-6-15/h2-3,8,11H,1,4-7,9H2,(H2,17,20). The number of thiocarbonyl (C=S) groups is 1. The fourth-order valence-electron chi connectivity index (χ4n) is 2.96. The Kier molecular flexibility index (Phi) is 3.65. The second-order valence-electron chi connectivity index (χ2n) is 5.62. The van der Waals surface area contributed by atoms with Gasteiger partial charge in [-0.15, -0.1) is 0 Å². The summed E-state index contributed by atoms with van der Waals surface area (Å²) in [5.41, 5.74) is 5.73. The lowest BCUT2D eigenvalue weighted by molar-refractivity contribution is -0.153. The molecule has 1 aliphatic heterocycles. The van der Waals surface area contributed by atoms with Crippen molar-refractivity contribution in [3.8, 4) is 5.75 Å². The fraction of sp³-hybridized carbons (Fsp3) is 0.533. The van der Waals surface area contributed by atoms with Crippen molar-refractivity contribution >= 4 is 17.2 Å². The summed E-state index contributed by atoms with van der Waals surface area (Å²) in [4.78, 5) is 0.0635. The van der Waals surface area contributed by atoms with E-state index in [1.807, 2.05) is 0 Å². The third kappa shape index (κ3) is 2.65. The van der Waals surface area contributed by atoms with Crippen molar-refractivity contribution in [3.05, 3.63) is 29.6 Å². The van der Waals surface area contributed by atoms with Crippen LogP contribution in [-0.4, -0.2) is 23.3 Å². The number of benzene rings is 1. The van der Waals surface area contributed by atoms with E-state index < -0.39 is 5.82 Å². The maximum atomic E-state index is 13.8. The summed E-state index contributed by atoms with van der Waals surface area (Å²) in [7, 11) is 0. The van der Waals surface area contributed by atoms with Crippen LogP contribution in [0.5, 0.6) is 5.75 Å². The molecule has 2 aliphatic rings. The highest BCUT2D eigenvalue weighted by Crippen LogP contribution is 2.43. The lowest BCUT2D eigenvalue weighted by Gasteiger charge is -2.46. The quantitative estimate of drug-likeness (QED) is 0.871. The summed E-state index contributed by atoms with van der Waals surface area (Å²) in [6, 6.07) is 4.66. The van der Waals surface area contributed by atoms with E-state index in [1.54, 1.807) is 12.1 Å². The summed E-state index contributed by atoms with van der Waals surface area (Å²) in [6.07, 6.45) is 5.29. The molecule has 20 heavy (non-hydrogen) atoms. The molecule has 1 spiro atoms. The molecule has 1 saturated heterocycles. The molecule has 108 valence electrons. The van der Waals surface area contributed by atoms with Gasteiger partial charge < -0.3 is 15.2 Å². The van der Waals surface area contributed by atoms with Gasteiger partial charge in [0.15, 0.2) is 0 Å². The second-order valence-corrected chi connectivity index (χ2v) is 6.06. The number of rotatable bonds is 3. The predicted octanol–water partition coefficient (Wildman–Crippen LogP) is 2.94. The predicted molar refractivity (Wildman–Crippen MR) is 78.5 cm³/mol. The van der Waals surface area contributed by atoms with E-state index in [9.17, 15) is 4.39 Å². The van der Waals surface area contributed by atoms with Gasteiger partial charge in [0.25, 0.3) is 0 Å². The van der Waals surface area contributed by atoms with Gasteiger partial charge in [-0.2, -0.15) is 0 Å². The van der Waals surface area contributed by atoms with Crippen LogP contribution in [0, 0.1) is 5.82 Å². The van der Waals surface area contributed by atoms with Crippen LogP contribution in [0.4, 0.5) is 4.39 Å². The van der Waals surface area contributed by atoms with Gasteiger partial charge >= 0.3 is 0 Å². The van der Waals surface area contributed by atoms with Gasteiger partial charge in [0.2, 0.25) is 0 Å². The van der Waals surface area contributed by atoms with Crippen LogP contribution in [-0.2, 0) is 4.74 Å². The van der Waals surface area contributed by atoms with Crippen LogP contribution in [0.1, 0.15) is 37.7 Å². The lowest BCUT2D eigenvalue weighted by Crippen LogP contribution is -2.48. The highest BCUT2D eigenvalue weighted by molar-refractivity contribution is 7.80. The van der Waals surface area contributed by atoms with Gasteiger partial charge in [0.1, 0.15) is 22.7 Å². The van der Waals surface area contributed by atoms with Gasteiger partial charge in [0.05, 0.1) is 12.2 Å². The first-order valence-corrected chi connectivity index (χ1v) is 7.39. The number of halogens is 1. The Morgan fingerprint density at radius 3 is 2.85 bits per heavy atom. The highest BCUT2D eigenvalue weighted by Gasteiger charge is 2.43. The molecule has 1 aromatic carbocycles. The first kappa shape index (κ1) is 13.8. The second kappa shape index (κ2) is 5.30. The minimum Gasteiger partial charge on any atom is -0.490 e. The van der Waals surface area contributed by atoms with Crippen molar-refractivity contribution in [1.29, 1.82) is 0 Å². The van der Waals surface area contributed by atoms with E-state index in [1.165, 1.54) is 12.5 Å². The number of hydrogen-bond acceptors (Lipinski definition) is 3. The van der Waals surface area contributed by atoms with Gasteiger partial charge in [-0.25, -0.2) is 4.39 Å². The molecule has 0 amide bonds. The Bertz CT molecular complexity index is 531. The zero-order valence-corrected chi connectivity index (χ0v) is 12.0. The molecule has 2 N–H and O–H groups in total. The average molecular weight is 295 g/mol. The zero-order valence-electron chi connectivity index (χ0n) is 11.2. The summed E-state index contributed by atoms with van der Waals surface area (Å²) in [5.74, 6) is 0.101. The molecule has 5 heteroatoms. The van der Waals surface area contributed by atoms with Gasteiger partial charge in [-0.05, 0) is 31.4 Å². The van der Waals surface area contributed by atoms with Crippen LogP contribution in [0.2, 0.25) is 0 Å². The monoisotopic (exact) mass is 295 g/mol. The van der Waals surface area contributed by atoms with Crippen LogP contribution >= 0.6 is 12.2 Å². The molecule has 2 fully saturated rings. The van der Waals surface area contributed by atoms with Crippen LogP contribution in [0.15, 0.2) is 18.2 Å². The Labute approximate surface area is 123 Å². The Hall–Kier alpha value is -1.20. The van der Waals surface area contributed by atoms with E-state index in [-0.39, 0.29) is 22.3 Å². The minimum atomic E-state index is -0.430. The first-order chi connectivity index (χ1) is 9.58. The van der Waals surface area contributed by atoms with Gasteiger partial charge in [-0.3, -0.25) is 0 Å². The number of ether oxygens (including phenoxy) is 2. The smallest absolute Gasteiger partial charge is 0.137 e. The Balaban J connectivity index is 1.68. The van der Waals surface area contributed by atoms with Crippen molar-refractivity contribution in [3.63, 3.8) is 0 Å². The van der Waals surface area contributed by atoms with E-state index in [2.05, 4.69) is 0 Å². The highest BCUT2D eigenvalue weighted by atomic mass is 32.1. The molecule has 1 unspecified atom stereocenters. The first-order valence-electron chi connectivity index (χ1n) is 6.98. The number of hydrogen-bond donors (Lipinski definition) is 1. The fourth-order valence-corrected chi connectivity index (χ4v) is 3.13. The van der Waals surface area contributed by atoms with E-state index in [4.69, 9.17) is 27.4 Å². The molecular formula is C15H18FNO2S. The molecule has 1 saturated carbocycles. The SMILES string of the molecule is NC(=S)c1ccc(OC2CCOC3(CCC3)C2)cc1F. The molecule has 0 bridgehead atoms. The van der Waals surface area contributed by atoms with Crippen LogP contribution < -0.4 is 10.5 Å². The van der Waals surface area contributed by atoms with Crippen molar-refractivity contribution in [2.24, 2.45) is 5.73 Å². The van der Waals surface area contributed by atoms with Gasteiger partial charge in [0, 0.05) is 24.5 Å². The molecular weight excluding hydrogens is 277 g/mol. The topological polar surface area (TPSA) is 44.5 Å². The summed E-state index contributed by atoms with van der Waals surface area (Å²) in [6.45, 7) is 0.720. The normalized spacial score (nSPS) is 24.1. The molecule has 0 aromatic heterocycles. The molecule has 3 rings (SSSR count). The van der Waals surface area contributed by atoms with E-state index >= 15 is 0 Å². The van der Waals surface area contributed by atoms with E-state index in [0.29, 0.717) is 5.75 Å². The minimum absolute atomic E-state index is 0.0280. The molecule has 1 heterocycles. The largest absolute Gasteiger partial charge is 0.490 e. The third-order valence-electron chi connectivity index (χ3n) is 4.22. The molecule has 1 atom stereocenters. The zero-order chi connectivity index (χ0) is 14.2. The molecule has 3 nitrogen and oxygen atoms in total. The van der Waals surface area contributed by atoms with E-state index in [0.717, 1.165) is 32.3 Å². The maximum Gasteiger partial charge on any atom is 0.137 e. The van der Waals surface area contributed by atoms with Crippen molar-refractivity contribution < 1.29 is 13.9 Å². The van der Waals surface area contributed by atoms with Crippen molar-refractivity contribution in [2.75, 3.05) is 6.61 Å². The van der Waals surface area contributed by atoms with Crippen molar-refractivity contribution in [2.45, 2.75) is 43.8 Å². The van der Waals surface area contributed by atoms with Crippen LogP contribution in [0.25, 0.3) is 0 Å². The molecule has 0 radical (unpaired) electrons. The summed E-state index contributed by atoms with van der Waals surface area (Å²) in [5, 5.41) is 0. The molecule has 1 aliphatic carbocycles. The number of nitrogens with two attached hydrogens (primary N) is 1. The molecule has 1 aromatic rings. The third-order valence-corrected chi connectivity index (χ3v) is 4.44. The maximum absolute atomic E-state index is 13.8. The Morgan fingerprint density at radius 1 is 1.45 bits per heavy atom. The summed E-state index contributed by atoms with van der Waals surface area (Å²) < 4.78 is 25.6. The Morgan fingerprint density at radius 2 is 2.25 bits per heavy atom.